The van der Waals surface area contributed by atoms with E-state index in [9.17, 15) is 9.59 Å². The van der Waals surface area contributed by atoms with E-state index in [1.165, 1.54) is 0 Å². The second-order valence-electron chi connectivity index (χ2n) is 4.53. The van der Waals surface area contributed by atoms with Crippen molar-refractivity contribution in [2.24, 2.45) is 0 Å². The van der Waals surface area contributed by atoms with Crippen LogP contribution in [-0.4, -0.2) is 34.2 Å². The summed E-state index contributed by atoms with van der Waals surface area (Å²) in [7, 11) is 0. The summed E-state index contributed by atoms with van der Waals surface area (Å²) in [5.41, 5.74) is 0.997. The molecule has 1 saturated heterocycles. The predicted octanol–water partition coefficient (Wildman–Crippen LogP) is 1.06. The van der Waals surface area contributed by atoms with Crippen molar-refractivity contribution in [1.82, 2.24) is 5.32 Å². The van der Waals surface area contributed by atoms with Gasteiger partial charge in [-0.3, -0.25) is 14.9 Å². The highest BCUT2D eigenvalue weighted by molar-refractivity contribution is 5.78. The highest BCUT2D eigenvalue weighted by Gasteiger charge is 2.35. The SMILES string of the molecule is O=C(O)C1CC(c2ccccc2)CC(C(=O)O)N1. The largest absolute Gasteiger partial charge is 0.480 e. The molecule has 5 nitrogen and oxygen atoms in total. The number of hydrogen-bond acceptors (Lipinski definition) is 3. The third-order valence-electron chi connectivity index (χ3n) is 3.31. The maximum atomic E-state index is 11.0. The number of aliphatic carboxylic acids is 2. The summed E-state index contributed by atoms with van der Waals surface area (Å²) in [6.07, 6.45) is 0.840. The second-order valence-corrected chi connectivity index (χ2v) is 4.53. The molecule has 0 bridgehead atoms. The molecule has 0 radical (unpaired) electrons. The normalized spacial score (nSPS) is 27.7. The van der Waals surface area contributed by atoms with E-state index in [1.807, 2.05) is 30.3 Å². The van der Waals surface area contributed by atoms with Crippen molar-refractivity contribution < 1.29 is 19.8 Å². The van der Waals surface area contributed by atoms with E-state index < -0.39 is 24.0 Å². The summed E-state index contributed by atoms with van der Waals surface area (Å²) in [4.78, 5) is 22.1. The van der Waals surface area contributed by atoms with Crippen LogP contribution in [0.2, 0.25) is 0 Å². The van der Waals surface area contributed by atoms with Gasteiger partial charge in [-0.2, -0.15) is 0 Å². The number of carboxylic acids is 2. The minimum Gasteiger partial charge on any atom is -0.480 e. The Bertz CT molecular complexity index is 424. The van der Waals surface area contributed by atoms with Gasteiger partial charge in [-0.15, -0.1) is 0 Å². The van der Waals surface area contributed by atoms with Crippen LogP contribution in [0, 0.1) is 0 Å². The Morgan fingerprint density at radius 1 is 1.00 bits per heavy atom. The van der Waals surface area contributed by atoms with Gasteiger partial charge in [0.15, 0.2) is 0 Å². The van der Waals surface area contributed by atoms with Crippen molar-refractivity contribution in [1.29, 1.82) is 0 Å². The maximum Gasteiger partial charge on any atom is 0.320 e. The Hall–Kier alpha value is -1.88. The predicted molar refractivity (Wildman–Crippen MR) is 64.4 cm³/mol. The van der Waals surface area contributed by atoms with Crippen LogP contribution < -0.4 is 5.32 Å². The van der Waals surface area contributed by atoms with Crippen LogP contribution >= 0.6 is 0 Å². The topological polar surface area (TPSA) is 86.6 Å². The molecule has 0 aliphatic carbocycles. The van der Waals surface area contributed by atoms with E-state index in [4.69, 9.17) is 10.2 Å². The molecular formula is C13H15NO4. The molecule has 5 heteroatoms. The zero-order valence-corrected chi connectivity index (χ0v) is 9.74. The van der Waals surface area contributed by atoms with Crippen molar-refractivity contribution in [2.75, 3.05) is 0 Å². The smallest absolute Gasteiger partial charge is 0.320 e. The number of rotatable bonds is 3. The fraction of sp³-hybridized carbons (Fsp3) is 0.385. The Balaban J connectivity index is 2.20. The molecule has 2 unspecified atom stereocenters. The molecule has 1 aliphatic rings. The second kappa shape index (κ2) is 5.18. The summed E-state index contributed by atoms with van der Waals surface area (Å²) < 4.78 is 0. The molecule has 1 aromatic rings. The third kappa shape index (κ3) is 2.68. The lowest BCUT2D eigenvalue weighted by atomic mass is 9.83. The lowest BCUT2D eigenvalue weighted by molar-refractivity contribution is -0.144. The van der Waals surface area contributed by atoms with Crippen LogP contribution in [0.25, 0.3) is 0 Å². The van der Waals surface area contributed by atoms with Gasteiger partial charge >= 0.3 is 11.9 Å². The highest BCUT2D eigenvalue weighted by atomic mass is 16.4. The van der Waals surface area contributed by atoms with E-state index in [0.717, 1.165) is 5.56 Å². The summed E-state index contributed by atoms with van der Waals surface area (Å²) in [6.45, 7) is 0. The number of carbonyl (C=O) groups is 2. The van der Waals surface area contributed by atoms with Crippen LogP contribution in [0.5, 0.6) is 0 Å². The fourth-order valence-electron chi connectivity index (χ4n) is 2.39. The molecule has 0 spiro atoms. The summed E-state index contributed by atoms with van der Waals surface area (Å²) >= 11 is 0. The average Bonchev–Trinajstić information content (AvgIpc) is 2.39. The molecule has 96 valence electrons. The summed E-state index contributed by atoms with van der Waals surface area (Å²) in [5.74, 6) is -2.03. The number of benzene rings is 1. The van der Waals surface area contributed by atoms with Crippen molar-refractivity contribution >= 4 is 11.9 Å². The highest BCUT2D eigenvalue weighted by Crippen LogP contribution is 2.30. The molecule has 1 heterocycles. The molecule has 18 heavy (non-hydrogen) atoms. The van der Waals surface area contributed by atoms with Gasteiger partial charge < -0.3 is 10.2 Å². The number of hydrogen-bond donors (Lipinski definition) is 3. The zero-order valence-electron chi connectivity index (χ0n) is 9.74. The van der Waals surface area contributed by atoms with Crippen LogP contribution in [-0.2, 0) is 9.59 Å². The third-order valence-corrected chi connectivity index (χ3v) is 3.31. The van der Waals surface area contributed by atoms with Gasteiger partial charge in [-0.25, -0.2) is 0 Å². The summed E-state index contributed by atoms with van der Waals surface area (Å²) in [6, 6.07) is 7.86. The first-order valence-electron chi connectivity index (χ1n) is 5.84. The van der Waals surface area contributed by atoms with Crippen molar-refractivity contribution in [3.63, 3.8) is 0 Å². The van der Waals surface area contributed by atoms with Crippen LogP contribution in [0.3, 0.4) is 0 Å². The summed E-state index contributed by atoms with van der Waals surface area (Å²) in [5, 5.41) is 20.7. The van der Waals surface area contributed by atoms with Gasteiger partial charge in [0.05, 0.1) is 0 Å². The van der Waals surface area contributed by atoms with E-state index in [2.05, 4.69) is 5.32 Å². The minimum atomic E-state index is -0.998. The van der Waals surface area contributed by atoms with Gasteiger partial charge in [0.25, 0.3) is 0 Å². The quantitative estimate of drug-likeness (QED) is 0.745. The van der Waals surface area contributed by atoms with E-state index in [1.54, 1.807) is 0 Å². The molecule has 1 aromatic carbocycles. The van der Waals surface area contributed by atoms with Gasteiger partial charge in [-0.1, -0.05) is 30.3 Å². The maximum absolute atomic E-state index is 11.0. The molecule has 1 aliphatic heterocycles. The standard InChI is InChI=1S/C13H15NO4/c15-12(16)10-6-9(7-11(14-10)13(17)18)8-4-2-1-3-5-8/h1-5,9-11,14H,6-7H2,(H,15,16)(H,17,18). The van der Waals surface area contributed by atoms with Crippen LogP contribution in [0.1, 0.15) is 24.3 Å². The first-order valence-corrected chi connectivity index (χ1v) is 5.84. The molecule has 0 saturated carbocycles. The molecular weight excluding hydrogens is 234 g/mol. The lowest BCUT2D eigenvalue weighted by Gasteiger charge is -2.32. The Kier molecular flexibility index (Phi) is 3.62. The lowest BCUT2D eigenvalue weighted by Crippen LogP contribution is -2.52. The first kappa shape index (κ1) is 12.6. The number of carboxylic acid groups (broad SMARTS) is 2. The van der Waals surface area contributed by atoms with Gasteiger partial charge in [0, 0.05) is 0 Å². The Morgan fingerprint density at radius 3 is 1.94 bits per heavy atom. The Morgan fingerprint density at radius 2 is 1.50 bits per heavy atom. The van der Waals surface area contributed by atoms with Gasteiger partial charge in [0.1, 0.15) is 12.1 Å². The molecule has 2 rings (SSSR count). The minimum absolute atomic E-state index is 0.0327. The van der Waals surface area contributed by atoms with E-state index in [-0.39, 0.29) is 5.92 Å². The molecule has 0 amide bonds. The Labute approximate surface area is 104 Å². The number of piperidine rings is 1. The average molecular weight is 249 g/mol. The number of nitrogens with one attached hydrogen (secondary N) is 1. The van der Waals surface area contributed by atoms with E-state index >= 15 is 0 Å². The van der Waals surface area contributed by atoms with Crippen LogP contribution in [0.4, 0.5) is 0 Å². The van der Waals surface area contributed by atoms with Crippen LogP contribution in [0.15, 0.2) is 30.3 Å². The fourth-order valence-corrected chi connectivity index (χ4v) is 2.39. The zero-order chi connectivity index (χ0) is 13.1. The molecule has 0 aromatic heterocycles. The van der Waals surface area contributed by atoms with Crippen molar-refractivity contribution in [3.8, 4) is 0 Å². The first-order chi connectivity index (χ1) is 8.58. The van der Waals surface area contributed by atoms with Gasteiger partial charge in [0.2, 0.25) is 0 Å². The molecule has 2 atom stereocenters. The van der Waals surface area contributed by atoms with Crippen molar-refractivity contribution in [2.45, 2.75) is 30.8 Å². The monoisotopic (exact) mass is 249 g/mol. The molecule has 1 fully saturated rings. The molecule has 3 N–H and O–H groups in total. The van der Waals surface area contributed by atoms with E-state index in [0.29, 0.717) is 12.8 Å². The van der Waals surface area contributed by atoms with Gasteiger partial charge in [-0.05, 0) is 24.3 Å². The van der Waals surface area contributed by atoms with Crippen molar-refractivity contribution in [3.05, 3.63) is 35.9 Å².